The Balaban J connectivity index is 1.09. The number of piperidine rings is 1. The van der Waals surface area contributed by atoms with Gasteiger partial charge in [-0.3, -0.25) is 19.0 Å². The Morgan fingerprint density at radius 3 is 2.61 bits per heavy atom. The number of rotatable bonds is 7. The molecule has 0 bridgehead atoms. The number of thiazole rings is 1. The summed E-state index contributed by atoms with van der Waals surface area (Å²) in [6.07, 6.45) is 1.22. The number of halogens is 1. The van der Waals surface area contributed by atoms with Gasteiger partial charge >= 0.3 is 4.87 Å². The number of hydrogen-bond acceptors (Lipinski definition) is 5. The van der Waals surface area contributed by atoms with E-state index in [1.54, 1.807) is 23.1 Å². The first-order chi connectivity index (χ1) is 17.5. The van der Waals surface area contributed by atoms with Gasteiger partial charge in [-0.05, 0) is 42.5 Å². The zero-order valence-corrected chi connectivity index (χ0v) is 21.3. The molecule has 1 aromatic heterocycles. The third kappa shape index (κ3) is 5.24. The number of benzene rings is 3. The van der Waals surface area contributed by atoms with Crippen molar-refractivity contribution in [2.75, 3.05) is 31.5 Å². The molecule has 0 atom stereocenters. The summed E-state index contributed by atoms with van der Waals surface area (Å²) in [5.74, 6) is -0.207. The molecule has 186 valence electrons. The summed E-state index contributed by atoms with van der Waals surface area (Å²) in [4.78, 5) is 39.5. The van der Waals surface area contributed by atoms with E-state index in [1.165, 1.54) is 9.95 Å². The molecule has 0 radical (unpaired) electrons. The number of carbonyl (C=O) groups is 2. The number of carbonyl (C=O) groups excluding carboxylic acids is 2. The van der Waals surface area contributed by atoms with Crippen molar-refractivity contribution in [2.45, 2.75) is 19.4 Å². The minimum atomic E-state index is -0.174. The number of nitrogens with zero attached hydrogens (tertiary/aromatic N) is 2. The quantitative estimate of drug-likeness (QED) is 0.354. The van der Waals surface area contributed by atoms with E-state index in [1.807, 2.05) is 24.3 Å². The Labute approximate surface area is 217 Å². The highest BCUT2D eigenvalue weighted by atomic mass is 35.5. The van der Waals surface area contributed by atoms with Gasteiger partial charge < -0.3 is 15.5 Å². The molecular weight excluding hydrogens is 496 g/mol. The van der Waals surface area contributed by atoms with E-state index in [2.05, 4.69) is 28.8 Å². The molecule has 4 aromatic rings. The van der Waals surface area contributed by atoms with Crippen LogP contribution in [0.15, 0.2) is 65.5 Å². The number of likely N-dealkylation sites (tertiary alicyclic amines) is 1. The van der Waals surface area contributed by atoms with Gasteiger partial charge in [0, 0.05) is 48.2 Å². The molecular formula is C27H27ClN4O3S. The molecule has 36 heavy (non-hydrogen) atoms. The van der Waals surface area contributed by atoms with Crippen LogP contribution in [0.1, 0.15) is 12.8 Å². The summed E-state index contributed by atoms with van der Waals surface area (Å²) in [6.45, 7) is 2.14. The molecule has 5 rings (SSSR count). The van der Waals surface area contributed by atoms with Gasteiger partial charge in [0.1, 0.15) is 6.54 Å². The summed E-state index contributed by atoms with van der Waals surface area (Å²) in [5, 5.41) is 9.29. The largest absolute Gasteiger partial charge is 0.383 e. The Hall–Kier alpha value is -3.36. The fourth-order valence-corrected chi connectivity index (χ4v) is 5.76. The van der Waals surface area contributed by atoms with Crippen LogP contribution in [0, 0.1) is 5.92 Å². The summed E-state index contributed by atoms with van der Waals surface area (Å²) in [5.41, 5.74) is 1.73. The predicted octanol–water partition coefficient (Wildman–Crippen LogP) is 4.34. The van der Waals surface area contributed by atoms with Crippen LogP contribution in [0.3, 0.4) is 0 Å². The third-order valence-corrected chi connectivity index (χ3v) is 7.87. The first-order valence-electron chi connectivity index (χ1n) is 12.1. The highest BCUT2D eigenvalue weighted by molar-refractivity contribution is 7.16. The second-order valence-corrected chi connectivity index (χ2v) is 10.4. The van der Waals surface area contributed by atoms with E-state index in [0.717, 1.165) is 27.1 Å². The van der Waals surface area contributed by atoms with Crippen LogP contribution in [0.2, 0.25) is 5.02 Å². The summed E-state index contributed by atoms with van der Waals surface area (Å²) in [6, 6.07) is 19.6. The van der Waals surface area contributed by atoms with Crippen molar-refractivity contribution in [3.8, 4) is 0 Å². The Morgan fingerprint density at radius 2 is 1.78 bits per heavy atom. The maximum Gasteiger partial charge on any atom is 0.308 e. The van der Waals surface area contributed by atoms with Crippen LogP contribution in [0.5, 0.6) is 0 Å². The van der Waals surface area contributed by atoms with Crippen molar-refractivity contribution >= 4 is 61.4 Å². The summed E-state index contributed by atoms with van der Waals surface area (Å²) < 4.78 is 2.29. The lowest BCUT2D eigenvalue weighted by atomic mass is 9.96. The molecule has 1 aliphatic rings. The van der Waals surface area contributed by atoms with Crippen LogP contribution in [0.25, 0.3) is 21.0 Å². The van der Waals surface area contributed by atoms with Gasteiger partial charge in [-0.15, -0.1) is 0 Å². The molecule has 0 saturated carbocycles. The standard InChI is InChI=1S/C27H27ClN4O3S/c28-20-8-9-24-23(16-20)32(27(35)36-24)17-25(33)31-14-10-19(11-15-31)26(34)30-13-12-29-22-7-3-5-18-4-1-2-6-21(18)22/h1-9,16,19,29H,10-15,17H2,(H,30,34). The predicted molar refractivity (Wildman–Crippen MR) is 146 cm³/mol. The van der Waals surface area contributed by atoms with Gasteiger partial charge in [-0.1, -0.05) is 59.3 Å². The fourth-order valence-electron chi connectivity index (χ4n) is 4.72. The highest BCUT2D eigenvalue weighted by Crippen LogP contribution is 2.24. The van der Waals surface area contributed by atoms with Gasteiger partial charge in [-0.25, -0.2) is 0 Å². The molecule has 2 amide bonds. The van der Waals surface area contributed by atoms with Crippen LogP contribution in [-0.4, -0.2) is 47.5 Å². The minimum absolute atomic E-state index is 0.0180. The van der Waals surface area contributed by atoms with Gasteiger partial charge in [0.25, 0.3) is 0 Å². The zero-order valence-electron chi connectivity index (χ0n) is 19.7. The molecule has 7 nitrogen and oxygen atoms in total. The first kappa shape index (κ1) is 24.3. The van der Waals surface area contributed by atoms with Crippen molar-refractivity contribution < 1.29 is 9.59 Å². The van der Waals surface area contributed by atoms with E-state index in [-0.39, 0.29) is 29.1 Å². The van der Waals surface area contributed by atoms with Crippen molar-refractivity contribution in [3.05, 3.63) is 75.4 Å². The van der Waals surface area contributed by atoms with Crippen LogP contribution in [-0.2, 0) is 16.1 Å². The Kier molecular flexibility index (Phi) is 7.25. The molecule has 3 aromatic carbocycles. The van der Waals surface area contributed by atoms with E-state index >= 15 is 0 Å². The lowest BCUT2D eigenvalue weighted by Crippen LogP contribution is -2.45. The van der Waals surface area contributed by atoms with E-state index in [9.17, 15) is 14.4 Å². The first-order valence-corrected chi connectivity index (χ1v) is 13.2. The third-order valence-electron chi connectivity index (χ3n) is 6.67. The molecule has 2 N–H and O–H groups in total. The lowest BCUT2D eigenvalue weighted by molar-refractivity contribution is -0.136. The summed E-state index contributed by atoms with van der Waals surface area (Å²) >= 11 is 7.19. The molecule has 0 unspecified atom stereocenters. The maximum atomic E-state index is 12.9. The van der Waals surface area contributed by atoms with Gasteiger partial charge in [-0.2, -0.15) is 0 Å². The van der Waals surface area contributed by atoms with Gasteiger partial charge in [0.05, 0.1) is 10.2 Å². The van der Waals surface area contributed by atoms with Crippen LogP contribution in [0.4, 0.5) is 5.69 Å². The van der Waals surface area contributed by atoms with E-state index < -0.39 is 0 Å². The average Bonchev–Trinajstić information content (AvgIpc) is 3.20. The second kappa shape index (κ2) is 10.7. The van der Waals surface area contributed by atoms with Gasteiger partial charge in [0.15, 0.2) is 0 Å². The molecule has 2 heterocycles. The highest BCUT2D eigenvalue weighted by Gasteiger charge is 2.27. The zero-order chi connectivity index (χ0) is 25.1. The van der Waals surface area contributed by atoms with Crippen LogP contribution >= 0.6 is 22.9 Å². The SMILES string of the molecule is O=C(NCCNc1cccc2ccccc12)C1CCN(C(=O)Cn2c(=O)sc3ccc(Cl)cc32)CC1. The Bertz CT molecular complexity index is 1470. The maximum absolute atomic E-state index is 12.9. The van der Waals surface area contributed by atoms with Crippen molar-refractivity contribution in [3.63, 3.8) is 0 Å². The number of anilines is 1. The number of amides is 2. The molecule has 9 heteroatoms. The molecule has 1 fully saturated rings. The van der Waals surface area contributed by atoms with E-state index in [0.29, 0.717) is 49.6 Å². The van der Waals surface area contributed by atoms with Crippen LogP contribution < -0.4 is 15.5 Å². The topological polar surface area (TPSA) is 83.4 Å². The van der Waals surface area contributed by atoms with Crippen molar-refractivity contribution in [2.24, 2.45) is 5.92 Å². The van der Waals surface area contributed by atoms with Crippen molar-refractivity contribution in [1.29, 1.82) is 0 Å². The second-order valence-electron chi connectivity index (χ2n) is 8.97. The smallest absolute Gasteiger partial charge is 0.308 e. The number of hydrogen-bond donors (Lipinski definition) is 2. The number of aromatic nitrogens is 1. The van der Waals surface area contributed by atoms with Crippen molar-refractivity contribution in [1.82, 2.24) is 14.8 Å². The van der Waals surface area contributed by atoms with E-state index in [4.69, 9.17) is 11.6 Å². The molecule has 0 aliphatic carbocycles. The van der Waals surface area contributed by atoms with Gasteiger partial charge in [0.2, 0.25) is 11.8 Å². The Morgan fingerprint density at radius 1 is 1.00 bits per heavy atom. The normalized spacial score (nSPS) is 14.3. The molecule has 0 spiro atoms. The average molecular weight is 523 g/mol. The lowest BCUT2D eigenvalue weighted by Gasteiger charge is -2.31. The fraction of sp³-hybridized carbons (Fsp3) is 0.296. The molecule has 1 aliphatic heterocycles. The monoisotopic (exact) mass is 522 g/mol. The molecule has 1 saturated heterocycles. The minimum Gasteiger partial charge on any atom is -0.383 e. The summed E-state index contributed by atoms with van der Waals surface area (Å²) in [7, 11) is 0. The number of nitrogens with one attached hydrogen (secondary N) is 2. The number of fused-ring (bicyclic) bond motifs is 2.